The Labute approximate surface area is 74.4 Å². The topological polar surface area (TPSA) is 0 Å². The summed E-state index contributed by atoms with van der Waals surface area (Å²) < 4.78 is 0. The summed E-state index contributed by atoms with van der Waals surface area (Å²) in [6, 6.07) is 0. The zero-order chi connectivity index (χ0) is 8.34. The second-order valence-corrected chi connectivity index (χ2v) is 4.84. The predicted molar refractivity (Wildman–Crippen MR) is 50.8 cm³/mol. The van der Waals surface area contributed by atoms with Gasteiger partial charge in [-0.25, -0.2) is 0 Å². The molecular weight excluding hydrogens is 144 g/mol. The molecule has 0 radical (unpaired) electrons. The lowest BCUT2D eigenvalue weighted by Gasteiger charge is -2.40. The highest BCUT2D eigenvalue weighted by Crippen LogP contribution is 2.66. The van der Waals surface area contributed by atoms with E-state index in [1.54, 1.807) is 5.57 Å². The van der Waals surface area contributed by atoms with Crippen molar-refractivity contribution in [3.63, 3.8) is 0 Å². The number of allylic oxidation sites excluding steroid dienone is 3. The average molecular weight is 160 g/mol. The Hall–Kier alpha value is -0.520. The van der Waals surface area contributed by atoms with E-state index in [9.17, 15) is 0 Å². The van der Waals surface area contributed by atoms with E-state index in [1.807, 2.05) is 5.57 Å². The Kier molecular flexibility index (Phi) is 1.08. The van der Waals surface area contributed by atoms with Gasteiger partial charge < -0.3 is 0 Å². The van der Waals surface area contributed by atoms with Crippen LogP contribution in [0.5, 0.6) is 0 Å². The van der Waals surface area contributed by atoms with Gasteiger partial charge in [-0.1, -0.05) is 24.1 Å². The number of fused-ring (bicyclic) bond motifs is 4. The van der Waals surface area contributed by atoms with Gasteiger partial charge in [0.1, 0.15) is 0 Å². The van der Waals surface area contributed by atoms with E-state index < -0.39 is 0 Å². The van der Waals surface area contributed by atoms with Crippen molar-refractivity contribution in [3.05, 3.63) is 23.8 Å². The molecule has 3 aliphatic rings. The van der Waals surface area contributed by atoms with Crippen molar-refractivity contribution in [1.82, 2.24) is 0 Å². The van der Waals surface area contributed by atoms with Gasteiger partial charge in [0, 0.05) is 5.41 Å². The normalized spacial score (nSPS) is 49.1. The lowest BCUT2D eigenvalue weighted by molar-refractivity contribution is 0.393. The van der Waals surface area contributed by atoms with E-state index in [1.165, 1.54) is 25.7 Å². The molecule has 0 amide bonds. The van der Waals surface area contributed by atoms with Gasteiger partial charge in [-0.05, 0) is 37.5 Å². The first-order valence-corrected chi connectivity index (χ1v) is 5.14. The van der Waals surface area contributed by atoms with Crippen LogP contribution in [-0.2, 0) is 0 Å². The molecule has 0 spiro atoms. The fraction of sp³-hybridized carbons (Fsp3) is 0.667. The fourth-order valence-electron chi connectivity index (χ4n) is 3.84. The summed E-state index contributed by atoms with van der Waals surface area (Å²) in [5, 5.41) is 0. The van der Waals surface area contributed by atoms with Crippen molar-refractivity contribution in [2.75, 3.05) is 0 Å². The molecule has 0 saturated heterocycles. The van der Waals surface area contributed by atoms with Crippen LogP contribution in [0.2, 0.25) is 0 Å². The summed E-state index contributed by atoms with van der Waals surface area (Å²) >= 11 is 0. The van der Waals surface area contributed by atoms with Crippen molar-refractivity contribution >= 4 is 0 Å². The molecule has 0 heterocycles. The first kappa shape index (κ1) is 6.94. The first-order chi connectivity index (χ1) is 5.77. The third-order valence-corrected chi connectivity index (χ3v) is 4.33. The van der Waals surface area contributed by atoms with Crippen molar-refractivity contribution < 1.29 is 0 Å². The lowest BCUT2D eigenvalue weighted by Crippen LogP contribution is -2.27. The van der Waals surface area contributed by atoms with E-state index in [0.717, 1.165) is 11.8 Å². The molecule has 3 atom stereocenters. The van der Waals surface area contributed by atoms with Crippen molar-refractivity contribution in [3.8, 4) is 0 Å². The zero-order valence-corrected chi connectivity index (χ0v) is 7.77. The predicted octanol–water partition coefficient (Wildman–Crippen LogP) is 3.31. The van der Waals surface area contributed by atoms with Crippen LogP contribution in [0.1, 0.15) is 32.6 Å². The molecule has 0 aliphatic heterocycles. The molecule has 0 aromatic rings. The van der Waals surface area contributed by atoms with Crippen molar-refractivity contribution in [2.45, 2.75) is 32.6 Å². The second-order valence-electron chi connectivity index (χ2n) is 4.84. The molecular formula is C12H16. The molecule has 2 bridgehead atoms. The van der Waals surface area contributed by atoms with Crippen molar-refractivity contribution in [2.24, 2.45) is 17.3 Å². The molecule has 1 saturated carbocycles. The van der Waals surface area contributed by atoms with Gasteiger partial charge in [0.05, 0.1) is 0 Å². The van der Waals surface area contributed by atoms with E-state index in [0.29, 0.717) is 5.41 Å². The fourth-order valence-corrected chi connectivity index (χ4v) is 3.84. The minimum Gasteiger partial charge on any atom is -0.102 e. The number of hydrogen-bond donors (Lipinski definition) is 0. The minimum atomic E-state index is 0.484. The summed E-state index contributed by atoms with van der Waals surface area (Å²) in [7, 11) is 0. The summed E-state index contributed by atoms with van der Waals surface area (Å²) in [5.41, 5.74) is 4.11. The monoisotopic (exact) mass is 160 g/mol. The van der Waals surface area contributed by atoms with Crippen molar-refractivity contribution in [1.29, 1.82) is 0 Å². The van der Waals surface area contributed by atoms with E-state index >= 15 is 0 Å². The smallest absolute Gasteiger partial charge is 0.00996 e. The third-order valence-electron chi connectivity index (χ3n) is 4.33. The maximum atomic E-state index is 4.03. The highest BCUT2D eigenvalue weighted by molar-refractivity contribution is 5.46. The number of rotatable bonds is 1. The Morgan fingerprint density at radius 3 is 3.00 bits per heavy atom. The summed E-state index contributed by atoms with van der Waals surface area (Å²) in [5.74, 6) is 1.84. The van der Waals surface area contributed by atoms with Crippen LogP contribution in [0.4, 0.5) is 0 Å². The van der Waals surface area contributed by atoms with Gasteiger partial charge in [0.15, 0.2) is 0 Å². The standard InChI is InChI=1S/C12H16/c1-3-12-5-4-9(7-12)10-6-8(2)11(10)12/h3,8-9H,1,4-7H2,2H3/t8?,9?,12-/m0/s1. The molecule has 0 aromatic heterocycles. The molecule has 0 nitrogen and oxygen atoms in total. The Morgan fingerprint density at radius 2 is 2.42 bits per heavy atom. The van der Waals surface area contributed by atoms with Crippen LogP contribution in [0.15, 0.2) is 23.8 Å². The summed E-state index contributed by atoms with van der Waals surface area (Å²) in [6.07, 6.45) is 7.88. The molecule has 12 heavy (non-hydrogen) atoms. The Bertz CT molecular complexity index is 284. The van der Waals surface area contributed by atoms with Gasteiger partial charge in [-0.15, -0.1) is 6.58 Å². The Morgan fingerprint density at radius 1 is 1.58 bits per heavy atom. The maximum Gasteiger partial charge on any atom is 0.00996 e. The third kappa shape index (κ3) is 0.542. The van der Waals surface area contributed by atoms with E-state index in [-0.39, 0.29) is 0 Å². The highest BCUT2D eigenvalue weighted by atomic mass is 14.6. The van der Waals surface area contributed by atoms with Crippen LogP contribution in [0, 0.1) is 17.3 Å². The van der Waals surface area contributed by atoms with Gasteiger partial charge >= 0.3 is 0 Å². The molecule has 0 heteroatoms. The number of hydrogen-bond acceptors (Lipinski definition) is 0. The van der Waals surface area contributed by atoms with Gasteiger partial charge in [-0.2, -0.15) is 0 Å². The van der Waals surface area contributed by atoms with Gasteiger partial charge in [0.25, 0.3) is 0 Å². The first-order valence-electron chi connectivity index (χ1n) is 5.14. The highest BCUT2D eigenvalue weighted by Gasteiger charge is 2.54. The van der Waals surface area contributed by atoms with Crippen LogP contribution < -0.4 is 0 Å². The molecule has 3 rings (SSSR count). The van der Waals surface area contributed by atoms with Gasteiger partial charge in [0.2, 0.25) is 0 Å². The Balaban J connectivity index is 2.12. The zero-order valence-electron chi connectivity index (χ0n) is 7.77. The van der Waals surface area contributed by atoms with E-state index in [2.05, 4.69) is 19.6 Å². The van der Waals surface area contributed by atoms with Crippen LogP contribution in [0.25, 0.3) is 0 Å². The molecule has 2 unspecified atom stereocenters. The lowest BCUT2D eigenvalue weighted by atomic mass is 9.65. The average Bonchev–Trinajstić information content (AvgIpc) is 2.55. The molecule has 0 N–H and O–H groups in total. The van der Waals surface area contributed by atoms with Crippen LogP contribution >= 0.6 is 0 Å². The SMILES string of the molecule is C=C[C@]12CCC(C1)C1=C2C(C)C1. The molecule has 0 aromatic carbocycles. The minimum absolute atomic E-state index is 0.484. The second kappa shape index (κ2) is 1.86. The molecule has 1 fully saturated rings. The van der Waals surface area contributed by atoms with Crippen LogP contribution in [-0.4, -0.2) is 0 Å². The van der Waals surface area contributed by atoms with Gasteiger partial charge in [-0.3, -0.25) is 0 Å². The maximum absolute atomic E-state index is 4.03. The van der Waals surface area contributed by atoms with E-state index in [4.69, 9.17) is 0 Å². The largest absolute Gasteiger partial charge is 0.102 e. The quantitative estimate of drug-likeness (QED) is 0.516. The summed E-state index contributed by atoms with van der Waals surface area (Å²) in [6.45, 7) is 6.41. The molecule has 64 valence electrons. The van der Waals surface area contributed by atoms with Crippen LogP contribution in [0.3, 0.4) is 0 Å². The molecule has 3 aliphatic carbocycles. The summed E-state index contributed by atoms with van der Waals surface area (Å²) in [4.78, 5) is 0.